The van der Waals surface area contributed by atoms with Crippen LogP contribution in [0.3, 0.4) is 0 Å². The van der Waals surface area contributed by atoms with E-state index < -0.39 is 6.09 Å². The van der Waals surface area contributed by atoms with Gasteiger partial charge in [0.1, 0.15) is 5.65 Å². The first-order valence-corrected chi connectivity index (χ1v) is 9.74. The number of carbonyl (C=O) groups is 2. The highest BCUT2D eigenvalue weighted by Gasteiger charge is 2.24. The minimum absolute atomic E-state index is 0.0313. The van der Waals surface area contributed by atoms with Crippen LogP contribution in [-0.2, 0) is 0 Å². The molecule has 29 heavy (non-hydrogen) atoms. The number of fused-ring (bicyclic) bond motifs is 1. The molecule has 0 saturated carbocycles. The molecule has 8 nitrogen and oxygen atoms in total. The molecular formula is C21H23N5O3. The second kappa shape index (κ2) is 7.90. The number of hydrogen-bond acceptors (Lipinski definition) is 5. The summed E-state index contributed by atoms with van der Waals surface area (Å²) >= 11 is 0. The number of aromatic nitrogens is 3. The molecule has 3 aromatic rings. The van der Waals surface area contributed by atoms with Crippen molar-refractivity contribution in [1.82, 2.24) is 19.4 Å². The summed E-state index contributed by atoms with van der Waals surface area (Å²) in [4.78, 5) is 34.4. The van der Waals surface area contributed by atoms with Gasteiger partial charge in [-0.3, -0.25) is 14.3 Å². The van der Waals surface area contributed by atoms with Gasteiger partial charge in [-0.25, -0.2) is 9.78 Å². The predicted molar refractivity (Wildman–Crippen MR) is 108 cm³/mol. The normalized spacial score (nSPS) is 16.7. The molecule has 8 heteroatoms. The lowest BCUT2D eigenvalue weighted by molar-refractivity contribution is 0.0671. The first-order valence-electron chi connectivity index (χ1n) is 9.74. The first-order chi connectivity index (χ1) is 14.0. The van der Waals surface area contributed by atoms with Crippen LogP contribution in [-0.4, -0.2) is 44.5 Å². The van der Waals surface area contributed by atoms with Gasteiger partial charge in [-0.1, -0.05) is 13.3 Å². The van der Waals surface area contributed by atoms with Gasteiger partial charge in [-0.15, -0.1) is 0 Å². The van der Waals surface area contributed by atoms with Gasteiger partial charge in [0.2, 0.25) is 0 Å². The summed E-state index contributed by atoms with van der Waals surface area (Å²) in [5, 5.41) is 0.848. The Morgan fingerprint density at radius 1 is 1.28 bits per heavy atom. The minimum Gasteiger partial charge on any atom is -0.409 e. The Hall–Kier alpha value is -3.42. The van der Waals surface area contributed by atoms with E-state index in [4.69, 9.17) is 10.5 Å². The topological polar surface area (TPSA) is 103 Å². The van der Waals surface area contributed by atoms with Crippen LogP contribution < -0.4 is 10.5 Å². The zero-order valence-electron chi connectivity index (χ0n) is 16.2. The van der Waals surface area contributed by atoms with Crippen molar-refractivity contribution < 1.29 is 14.3 Å². The van der Waals surface area contributed by atoms with Crippen molar-refractivity contribution in [3.05, 3.63) is 48.5 Å². The van der Waals surface area contributed by atoms with Gasteiger partial charge < -0.3 is 15.4 Å². The van der Waals surface area contributed by atoms with Crippen LogP contribution in [0.4, 0.5) is 4.79 Å². The summed E-state index contributed by atoms with van der Waals surface area (Å²) in [7, 11) is 0. The fourth-order valence-electron chi connectivity index (χ4n) is 3.83. The summed E-state index contributed by atoms with van der Waals surface area (Å²) in [6.45, 7) is 3.78. The number of nitrogens with zero attached hydrogens (tertiary/aromatic N) is 4. The highest BCUT2D eigenvalue weighted by Crippen LogP contribution is 2.24. The molecule has 0 bridgehead atoms. The van der Waals surface area contributed by atoms with E-state index in [1.54, 1.807) is 18.5 Å². The maximum absolute atomic E-state index is 12.9. The van der Waals surface area contributed by atoms with Gasteiger partial charge in [-0.2, -0.15) is 0 Å². The summed E-state index contributed by atoms with van der Waals surface area (Å²) in [6.07, 6.45) is 8.93. The number of primary amides is 1. The number of carbonyl (C=O) groups excluding carboxylic acids is 2. The monoisotopic (exact) mass is 393 g/mol. The van der Waals surface area contributed by atoms with E-state index in [2.05, 4.69) is 16.9 Å². The smallest absolute Gasteiger partial charge is 0.409 e. The number of amides is 2. The molecule has 1 unspecified atom stereocenters. The lowest BCUT2D eigenvalue weighted by Gasteiger charge is -2.32. The zero-order valence-corrected chi connectivity index (χ0v) is 16.2. The van der Waals surface area contributed by atoms with Crippen LogP contribution >= 0.6 is 0 Å². The van der Waals surface area contributed by atoms with Crippen molar-refractivity contribution in [3.8, 4) is 11.4 Å². The van der Waals surface area contributed by atoms with E-state index in [1.165, 1.54) is 12.6 Å². The molecule has 1 fully saturated rings. The minimum atomic E-state index is -0.898. The highest BCUT2D eigenvalue weighted by atomic mass is 16.5. The van der Waals surface area contributed by atoms with E-state index in [0.29, 0.717) is 22.8 Å². The molecule has 3 aromatic heterocycles. The molecule has 0 radical (unpaired) electrons. The molecule has 4 heterocycles. The summed E-state index contributed by atoms with van der Waals surface area (Å²) in [5.74, 6) is 0.857. The molecule has 1 aliphatic heterocycles. The van der Waals surface area contributed by atoms with E-state index in [0.717, 1.165) is 31.3 Å². The SMILES string of the molecule is CCC1CCCN(C(=O)c2cnc3c(ccn3-c3cncc(OC(N)=O)c3)c2)C1. The zero-order chi connectivity index (χ0) is 20.4. The number of piperidine rings is 1. The van der Waals surface area contributed by atoms with Crippen molar-refractivity contribution in [2.75, 3.05) is 13.1 Å². The lowest BCUT2D eigenvalue weighted by Crippen LogP contribution is -2.39. The molecule has 4 rings (SSSR count). The van der Waals surface area contributed by atoms with Crippen molar-refractivity contribution in [2.24, 2.45) is 11.7 Å². The number of rotatable bonds is 4. The quantitative estimate of drug-likeness (QED) is 0.733. The number of ether oxygens (including phenoxy) is 1. The molecule has 1 saturated heterocycles. The Labute approximate surface area is 168 Å². The molecule has 150 valence electrons. The average Bonchev–Trinajstić information content (AvgIpc) is 3.16. The molecule has 1 aliphatic rings. The molecule has 0 spiro atoms. The number of pyridine rings is 2. The van der Waals surface area contributed by atoms with Gasteiger partial charge in [0.05, 0.1) is 23.6 Å². The van der Waals surface area contributed by atoms with Gasteiger partial charge in [-0.05, 0) is 30.9 Å². The second-order valence-corrected chi connectivity index (χ2v) is 7.29. The van der Waals surface area contributed by atoms with Crippen LogP contribution in [0.1, 0.15) is 36.5 Å². The Morgan fingerprint density at radius 3 is 2.93 bits per heavy atom. The van der Waals surface area contributed by atoms with Gasteiger partial charge in [0.15, 0.2) is 5.75 Å². The fraction of sp³-hybridized carbons (Fsp3) is 0.333. The van der Waals surface area contributed by atoms with Gasteiger partial charge in [0.25, 0.3) is 5.91 Å². The van der Waals surface area contributed by atoms with Crippen LogP contribution in [0.2, 0.25) is 0 Å². The Morgan fingerprint density at radius 2 is 2.14 bits per heavy atom. The van der Waals surface area contributed by atoms with E-state index in [-0.39, 0.29) is 11.7 Å². The fourth-order valence-corrected chi connectivity index (χ4v) is 3.83. The molecule has 2 N–H and O–H groups in total. The third-order valence-corrected chi connectivity index (χ3v) is 5.35. The third kappa shape index (κ3) is 3.91. The summed E-state index contributed by atoms with van der Waals surface area (Å²) in [5.41, 5.74) is 7.02. The van der Waals surface area contributed by atoms with Crippen molar-refractivity contribution in [2.45, 2.75) is 26.2 Å². The first kappa shape index (κ1) is 18.9. The Kier molecular flexibility index (Phi) is 5.16. The summed E-state index contributed by atoms with van der Waals surface area (Å²) < 4.78 is 6.71. The Balaban J connectivity index is 1.61. The number of likely N-dealkylation sites (tertiary alicyclic amines) is 1. The molecule has 1 atom stereocenters. The van der Waals surface area contributed by atoms with Crippen LogP contribution in [0.5, 0.6) is 5.75 Å². The third-order valence-electron chi connectivity index (χ3n) is 5.35. The van der Waals surface area contributed by atoms with Crippen LogP contribution in [0, 0.1) is 5.92 Å². The maximum Gasteiger partial charge on any atom is 0.410 e. The van der Waals surface area contributed by atoms with Crippen molar-refractivity contribution in [1.29, 1.82) is 0 Å². The molecule has 0 aromatic carbocycles. The van der Waals surface area contributed by atoms with Crippen LogP contribution in [0.15, 0.2) is 43.0 Å². The molecule has 2 amide bonds. The van der Waals surface area contributed by atoms with E-state index in [1.807, 2.05) is 27.8 Å². The standard InChI is InChI=1S/C21H23N5O3/c1-2-14-4-3-6-25(13-14)20(27)16-8-15-5-7-26(19(15)24-10-16)17-9-18(12-23-11-17)29-21(22)28/h5,7-12,14H,2-4,6,13H2,1H3,(H2,22,28). The largest absolute Gasteiger partial charge is 0.410 e. The molecular weight excluding hydrogens is 370 g/mol. The number of hydrogen-bond donors (Lipinski definition) is 1. The van der Waals surface area contributed by atoms with E-state index in [9.17, 15) is 9.59 Å². The average molecular weight is 393 g/mol. The second-order valence-electron chi connectivity index (χ2n) is 7.29. The van der Waals surface area contributed by atoms with Gasteiger partial charge in [0, 0.05) is 36.9 Å². The summed E-state index contributed by atoms with van der Waals surface area (Å²) in [6, 6.07) is 5.41. The molecule has 0 aliphatic carbocycles. The van der Waals surface area contributed by atoms with Crippen molar-refractivity contribution in [3.63, 3.8) is 0 Å². The maximum atomic E-state index is 12.9. The highest BCUT2D eigenvalue weighted by molar-refractivity contribution is 5.97. The van der Waals surface area contributed by atoms with Crippen molar-refractivity contribution >= 4 is 23.0 Å². The van der Waals surface area contributed by atoms with Crippen LogP contribution in [0.25, 0.3) is 16.7 Å². The Bertz CT molecular complexity index is 1060. The number of nitrogens with two attached hydrogens (primary N) is 1. The van der Waals surface area contributed by atoms with Gasteiger partial charge >= 0.3 is 6.09 Å². The predicted octanol–water partition coefficient (Wildman–Crippen LogP) is 3.14. The lowest BCUT2D eigenvalue weighted by atomic mass is 9.95. The van der Waals surface area contributed by atoms with E-state index >= 15 is 0 Å².